The number of aromatic amines is 1. The van der Waals surface area contributed by atoms with Gasteiger partial charge in [0.1, 0.15) is 0 Å². The monoisotopic (exact) mass is 277 g/mol. The Balaban J connectivity index is 1.84. The van der Waals surface area contributed by atoms with E-state index in [2.05, 4.69) is 15.5 Å². The predicted octanol–water partition coefficient (Wildman–Crippen LogP) is 2.87. The molecule has 4 nitrogen and oxygen atoms in total. The third-order valence-corrected chi connectivity index (χ3v) is 3.34. The summed E-state index contributed by atoms with van der Waals surface area (Å²) < 4.78 is 0. The number of nitrogens with one attached hydrogen (secondary N) is 2. The molecule has 1 atom stereocenters. The summed E-state index contributed by atoms with van der Waals surface area (Å²) in [6, 6.07) is 7.54. The van der Waals surface area contributed by atoms with Crippen molar-refractivity contribution < 1.29 is 4.79 Å². The van der Waals surface area contributed by atoms with Gasteiger partial charge < -0.3 is 5.32 Å². The molecular weight excluding hydrogens is 262 g/mol. The topological polar surface area (TPSA) is 57.8 Å². The third-order valence-electron chi connectivity index (χ3n) is 2.98. The average molecular weight is 278 g/mol. The van der Waals surface area contributed by atoms with Gasteiger partial charge in [-0.15, -0.1) is 0 Å². The number of H-pyrrole nitrogens is 1. The molecule has 5 heteroatoms. The largest absolute Gasteiger partial charge is 0.349 e. The van der Waals surface area contributed by atoms with E-state index in [1.165, 1.54) is 0 Å². The zero-order valence-electron chi connectivity index (χ0n) is 10.7. The minimum atomic E-state index is -0.0440. The first-order valence-electron chi connectivity index (χ1n) is 6.18. The quantitative estimate of drug-likeness (QED) is 0.883. The Kier molecular flexibility index (Phi) is 4.58. The molecule has 0 fully saturated rings. The van der Waals surface area contributed by atoms with E-state index in [0.29, 0.717) is 17.9 Å². The number of carbonyl (C=O) groups excluding carboxylic acids is 1. The van der Waals surface area contributed by atoms with E-state index in [-0.39, 0.29) is 11.9 Å². The molecule has 2 aromatic rings. The number of nitrogens with zero attached hydrogens (tertiary/aromatic N) is 1. The first-order chi connectivity index (χ1) is 9.16. The van der Waals surface area contributed by atoms with Gasteiger partial charge in [-0.2, -0.15) is 5.10 Å². The highest BCUT2D eigenvalue weighted by atomic mass is 35.5. The van der Waals surface area contributed by atoms with Crippen molar-refractivity contribution in [3.63, 3.8) is 0 Å². The van der Waals surface area contributed by atoms with Crippen LogP contribution in [0.3, 0.4) is 0 Å². The Labute approximate surface area is 117 Å². The molecule has 19 heavy (non-hydrogen) atoms. The van der Waals surface area contributed by atoms with Crippen molar-refractivity contribution >= 4 is 17.5 Å². The fourth-order valence-electron chi connectivity index (χ4n) is 1.84. The summed E-state index contributed by atoms with van der Waals surface area (Å²) in [6.07, 6.45) is 4.55. The fraction of sp³-hybridized carbons (Fsp3) is 0.286. The van der Waals surface area contributed by atoms with Crippen molar-refractivity contribution in [3.05, 3.63) is 52.8 Å². The Hall–Kier alpha value is -1.81. The van der Waals surface area contributed by atoms with Crippen LogP contribution in [0.25, 0.3) is 0 Å². The first kappa shape index (κ1) is 13.6. The summed E-state index contributed by atoms with van der Waals surface area (Å²) >= 11 is 6.05. The summed E-state index contributed by atoms with van der Waals surface area (Å²) in [4.78, 5) is 11.8. The highest BCUT2D eigenvalue weighted by Gasteiger charge is 2.10. The Bertz CT molecular complexity index is 539. The van der Waals surface area contributed by atoms with Gasteiger partial charge in [-0.1, -0.05) is 29.8 Å². The van der Waals surface area contributed by atoms with Crippen LogP contribution in [-0.2, 0) is 11.2 Å². The van der Waals surface area contributed by atoms with Gasteiger partial charge in [-0.3, -0.25) is 9.89 Å². The Morgan fingerprint density at radius 2 is 2.26 bits per heavy atom. The van der Waals surface area contributed by atoms with Crippen LogP contribution in [0.5, 0.6) is 0 Å². The molecule has 0 spiro atoms. The normalized spacial score (nSPS) is 12.1. The number of amides is 1. The molecule has 1 aromatic carbocycles. The van der Waals surface area contributed by atoms with Crippen LogP contribution < -0.4 is 5.32 Å². The van der Waals surface area contributed by atoms with Crippen molar-refractivity contribution in [2.24, 2.45) is 0 Å². The number of hydrogen-bond donors (Lipinski definition) is 2. The molecule has 0 aliphatic heterocycles. The molecule has 0 aliphatic rings. The number of benzene rings is 1. The van der Waals surface area contributed by atoms with Gasteiger partial charge in [0.05, 0.1) is 12.2 Å². The molecule has 2 N–H and O–H groups in total. The smallest absolute Gasteiger partial charge is 0.220 e. The van der Waals surface area contributed by atoms with Gasteiger partial charge in [-0.05, 0) is 25.0 Å². The van der Waals surface area contributed by atoms with Gasteiger partial charge >= 0.3 is 0 Å². The molecular formula is C14H16ClN3O. The van der Waals surface area contributed by atoms with E-state index >= 15 is 0 Å². The maximum absolute atomic E-state index is 11.8. The standard InChI is InChI=1S/C14H16ClN3O/c1-10(12-8-16-17-9-12)18-14(19)7-6-11-4-2-3-5-13(11)15/h2-5,8-10H,6-7H2,1H3,(H,16,17)(H,18,19). The molecule has 1 aromatic heterocycles. The number of carbonyl (C=O) groups is 1. The van der Waals surface area contributed by atoms with Gasteiger partial charge in [0.2, 0.25) is 5.91 Å². The molecule has 0 radical (unpaired) electrons. The van der Waals surface area contributed by atoms with E-state index < -0.39 is 0 Å². The fourth-order valence-corrected chi connectivity index (χ4v) is 2.07. The first-order valence-corrected chi connectivity index (χ1v) is 6.56. The second-order valence-corrected chi connectivity index (χ2v) is 4.82. The van der Waals surface area contributed by atoms with Crippen LogP contribution in [0.1, 0.15) is 30.5 Å². The van der Waals surface area contributed by atoms with E-state index in [9.17, 15) is 4.79 Å². The number of rotatable bonds is 5. The lowest BCUT2D eigenvalue weighted by Gasteiger charge is -2.12. The summed E-state index contributed by atoms with van der Waals surface area (Å²) in [5.74, 6) is 0.00798. The van der Waals surface area contributed by atoms with Crippen LogP contribution in [0, 0.1) is 0 Å². The minimum Gasteiger partial charge on any atom is -0.349 e. The van der Waals surface area contributed by atoms with Gasteiger partial charge in [0.25, 0.3) is 0 Å². The molecule has 0 bridgehead atoms. The average Bonchev–Trinajstić information content (AvgIpc) is 2.91. The van der Waals surface area contributed by atoms with Crippen molar-refractivity contribution in [2.75, 3.05) is 0 Å². The Morgan fingerprint density at radius 3 is 2.95 bits per heavy atom. The number of aromatic nitrogens is 2. The van der Waals surface area contributed by atoms with Gasteiger partial charge in [0.15, 0.2) is 0 Å². The maximum atomic E-state index is 11.8. The van der Waals surface area contributed by atoms with Crippen LogP contribution >= 0.6 is 11.6 Å². The zero-order chi connectivity index (χ0) is 13.7. The van der Waals surface area contributed by atoms with Crippen LogP contribution in [0.2, 0.25) is 5.02 Å². The lowest BCUT2D eigenvalue weighted by molar-refractivity contribution is -0.121. The molecule has 0 saturated heterocycles. The van der Waals surface area contributed by atoms with Crippen molar-refractivity contribution in [1.29, 1.82) is 0 Å². The van der Waals surface area contributed by atoms with Gasteiger partial charge in [-0.25, -0.2) is 0 Å². The van der Waals surface area contributed by atoms with Crippen LogP contribution in [0.15, 0.2) is 36.7 Å². The number of hydrogen-bond acceptors (Lipinski definition) is 2. The van der Waals surface area contributed by atoms with Gasteiger partial charge in [0, 0.05) is 23.2 Å². The summed E-state index contributed by atoms with van der Waals surface area (Å²) in [5, 5.41) is 10.2. The lowest BCUT2D eigenvalue weighted by atomic mass is 10.1. The SMILES string of the molecule is CC(NC(=O)CCc1ccccc1Cl)c1cn[nH]c1. The van der Waals surface area contributed by atoms with Crippen molar-refractivity contribution in [1.82, 2.24) is 15.5 Å². The predicted molar refractivity (Wildman–Crippen MR) is 74.9 cm³/mol. The molecule has 100 valence electrons. The maximum Gasteiger partial charge on any atom is 0.220 e. The lowest BCUT2D eigenvalue weighted by Crippen LogP contribution is -2.26. The molecule has 1 unspecified atom stereocenters. The molecule has 1 heterocycles. The number of halogens is 1. The van der Waals surface area contributed by atoms with E-state index in [4.69, 9.17) is 11.6 Å². The molecule has 0 aliphatic carbocycles. The highest BCUT2D eigenvalue weighted by Crippen LogP contribution is 2.17. The van der Waals surface area contributed by atoms with Crippen LogP contribution in [0.4, 0.5) is 0 Å². The van der Waals surface area contributed by atoms with E-state index in [1.54, 1.807) is 12.4 Å². The highest BCUT2D eigenvalue weighted by molar-refractivity contribution is 6.31. The second kappa shape index (κ2) is 6.38. The third kappa shape index (κ3) is 3.83. The van der Waals surface area contributed by atoms with E-state index in [1.807, 2.05) is 31.2 Å². The molecule has 2 rings (SSSR count). The Morgan fingerprint density at radius 1 is 1.47 bits per heavy atom. The second-order valence-electron chi connectivity index (χ2n) is 4.41. The zero-order valence-corrected chi connectivity index (χ0v) is 11.4. The number of aryl methyl sites for hydroxylation is 1. The molecule has 0 saturated carbocycles. The van der Waals surface area contributed by atoms with Crippen LogP contribution in [-0.4, -0.2) is 16.1 Å². The minimum absolute atomic E-state index is 0.00798. The summed E-state index contributed by atoms with van der Waals surface area (Å²) in [5.41, 5.74) is 1.96. The summed E-state index contributed by atoms with van der Waals surface area (Å²) in [6.45, 7) is 1.93. The van der Waals surface area contributed by atoms with Crippen molar-refractivity contribution in [2.45, 2.75) is 25.8 Å². The van der Waals surface area contributed by atoms with Crippen molar-refractivity contribution in [3.8, 4) is 0 Å². The summed E-state index contributed by atoms with van der Waals surface area (Å²) in [7, 11) is 0. The van der Waals surface area contributed by atoms with E-state index in [0.717, 1.165) is 11.1 Å². The molecule has 1 amide bonds.